The summed E-state index contributed by atoms with van der Waals surface area (Å²) in [5.74, 6) is 0. The minimum absolute atomic E-state index is 0.0463. The van der Waals surface area contributed by atoms with Crippen molar-refractivity contribution in [3.63, 3.8) is 0 Å². The molecule has 2 rings (SSSR count). The van der Waals surface area contributed by atoms with E-state index >= 15 is 0 Å². The number of aliphatic hydroxyl groups is 1. The Labute approximate surface area is 83.7 Å². The quantitative estimate of drug-likeness (QED) is 0.726. The highest BCUT2D eigenvalue weighted by Gasteiger charge is 2.20. The molecule has 0 spiro atoms. The van der Waals surface area contributed by atoms with Crippen LogP contribution < -0.4 is 5.32 Å². The van der Waals surface area contributed by atoms with Crippen LogP contribution >= 0.6 is 0 Å². The summed E-state index contributed by atoms with van der Waals surface area (Å²) in [4.78, 5) is 0. The SMILES string of the molecule is OCC1CNC(c2ccccc2)CO1. The highest BCUT2D eigenvalue weighted by molar-refractivity contribution is 5.19. The zero-order valence-electron chi connectivity index (χ0n) is 8.02. The molecule has 1 aromatic rings. The highest BCUT2D eigenvalue weighted by atomic mass is 16.5. The van der Waals surface area contributed by atoms with Gasteiger partial charge in [0.2, 0.25) is 0 Å². The molecule has 0 saturated carbocycles. The summed E-state index contributed by atoms with van der Waals surface area (Å²) in [6.45, 7) is 1.44. The topological polar surface area (TPSA) is 41.5 Å². The number of aliphatic hydroxyl groups excluding tert-OH is 1. The van der Waals surface area contributed by atoms with Crippen molar-refractivity contribution in [3.8, 4) is 0 Å². The van der Waals surface area contributed by atoms with Crippen LogP contribution in [0.25, 0.3) is 0 Å². The Morgan fingerprint density at radius 1 is 1.36 bits per heavy atom. The summed E-state index contributed by atoms with van der Waals surface area (Å²) in [5.41, 5.74) is 1.24. The lowest BCUT2D eigenvalue weighted by molar-refractivity contribution is -0.0259. The second kappa shape index (κ2) is 4.55. The Kier molecular flexibility index (Phi) is 3.14. The van der Waals surface area contributed by atoms with Crippen molar-refractivity contribution in [1.29, 1.82) is 0 Å². The molecule has 0 aromatic heterocycles. The van der Waals surface area contributed by atoms with E-state index in [-0.39, 0.29) is 18.8 Å². The Balaban J connectivity index is 1.96. The second-order valence-electron chi connectivity index (χ2n) is 3.51. The van der Waals surface area contributed by atoms with Gasteiger partial charge in [0, 0.05) is 6.54 Å². The van der Waals surface area contributed by atoms with Gasteiger partial charge in [-0.25, -0.2) is 0 Å². The summed E-state index contributed by atoms with van der Waals surface area (Å²) < 4.78 is 5.48. The number of hydrogen-bond acceptors (Lipinski definition) is 3. The van der Waals surface area contributed by atoms with Gasteiger partial charge in [0.25, 0.3) is 0 Å². The van der Waals surface area contributed by atoms with E-state index in [1.807, 2.05) is 18.2 Å². The first-order valence-electron chi connectivity index (χ1n) is 4.91. The molecule has 0 aliphatic carbocycles. The molecule has 3 heteroatoms. The molecule has 2 unspecified atom stereocenters. The van der Waals surface area contributed by atoms with Crippen LogP contribution in [0.2, 0.25) is 0 Å². The van der Waals surface area contributed by atoms with Gasteiger partial charge >= 0.3 is 0 Å². The summed E-state index contributed by atoms with van der Waals surface area (Å²) >= 11 is 0. The van der Waals surface area contributed by atoms with Crippen molar-refractivity contribution in [3.05, 3.63) is 35.9 Å². The molecule has 14 heavy (non-hydrogen) atoms. The summed E-state index contributed by atoms with van der Waals surface area (Å²) in [7, 11) is 0. The van der Waals surface area contributed by atoms with Gasteiger partial charge in [-0.05, 0) is 5.56 Å². The van der Waals surface area contributed by atoms with Gasteiger partial charge in [0.15, 0.2) is 0 Å². The third kappa shape index (κ3) is 2.12. The number of hydrogen-bond donors (Lipinski definition) is 2. The monoisotopic (exact) mass is 193 g/mol. The number of benzene rings is 1. The van der Waals surface area contributed by atoms with Crippen LogP contribution in [0.5, 0.6) is 0 Å². The minimum Gasteiger partial charge on any atom is -0.394 e. The minimum atomic E-state index is -0.0463. The Hall–Kier alpha value is -0.900. The lowest BCUT2D eigenvalue weighted by Gasteiger charge is -2.29. The Morgan fingerprint density at radius 3 is 2.71 bits per heavy atom. The first-order valence-corrected chi connectivity index (χ1v) is 4.91. The van der Waals surface area contributed by atoms with E-state index in [0.717, 1.165) is 6.54 Å². The van der Waals surface area contributed by atoms with Crippen LogP contribution in [0, 0.1) is 0 Å². The molecule has 1 aromatic carbocycles. The standard InChI is InChI=1S/C11H15NO2/c13-7-10-6-12-11(8-14-10)9-4-2-1-3-5-9/h1-5,10-13H,6-8H2. The number of ether oxygens (including phenoxy) is 1. The van der Waals surface area contributed by atoms with Crippen molar-refractivity contribution in [2.24, 2.45) is 0 Å². The summed E-state index contributed by atoms with van der Waals surface area (Å²) in [6, 6.07) is 10.5. The van der Waals surface area contributed by atoms with E-state index < -0.39 is 0 Å². The van der Waals surface area contributed by atoms with E-state index in [0.29, 0.717) is 6.61 Å². The number of rotatable bonds is 2. The molecule has 1 aliphatic rings. The van der Waals surface area contributed by atoms with Gasteiger partial charge in [-0.15, -0.1) is 0 Å². The largest absolute Gasteiger partial charge is 0.394 e. The average molecular weight is 193 g/mol. The fourth-order valence-corrected chi connectivity index (χ4v) is 1.64. The predicted octanol–water partition coefficient (Wildman–Crippen LogP) is 0.708. The molecule has 3 nitrogen and oxygen atoms in total. The lowest BCUT2D eigenvalue weighted by atomic mass is 10.1. The van der Waals surface area contributed by atoms with Crippen LogP contribution in [0.3, 0.4) is 0 Å². The van der Waals surface area contributed by atoms with Crippen molar-refractivity contribution in [2.45, 2.75) is 12.1 Å². The molecule has 1 aliphatic heterocycles. The Morgan fingerprint density at radius 2 is 2.14 bits per heavy atom. The number of morpholine rings is 1. The van der Waals surface area contributed by atoms with E-state index in [9.17, 15) is 0 Å². The molecule has 1 heterocycles. The van der Waals surface area contributed by atoms with Crippen molar-refractivity contribution in [2.75, 3.05) is 19.8 Å². The molecule has 0 radical (unpaired) electrons. The van der Waals surface area contributed by atoms with Gasteiger partial charge in [0.05, 0.1) is 25.4 Å². The predicted molar refractivity (Wildman–Crippen MR) is 54.0 cm³/mol. The van der Waals surface area contributed by atoms with Gasteiger partial charge in [0.1, 0.15) is 0 Å². The van der Waals surface area contributed by atoms with Crippen LogP contribution in [-0.2, 0) is 4.74 Å². The fourth-order valence-electron chi connectivity index (χ4n) is 1.64. The highest BCUT2D eigenvalue weighted by Crippen LogP contribution is 2.16. The molecular weight excluding hydrogens is 178 g/mol. The van der Waals surface area contributed by atoms with E-state index in [2.05, 4.69) is 17.4 Å². The maximum absolute atomic E-state index is 8.88. The molecular formula is C11H15NO2. The molecule has 0 amide bonds. The smallest absolute Gasteiger partial charge is 0.0930 e. The summed E-state index contributed by atoms with van der Waals surface area (Å²) in [5, 5.41) is 12.2. The molecule has 1 fully saturated rings. The third-order valence-electron chi connectivity index (χ3n) is 2.50. The second-order valence-corrected chi connectivity index (χ2v) is 3.51. The van der Waals surface area contributed by atoms with Gasteiger partial charge in [-0.3, -0.25) is 0 Å². The van der Waals surface area contributed by atoms with Crippen LogP contribution in [0.1, 0.15) is 11.6 Å². The number of nitrogens with one attached hydrogen (secondary N) is 1. The zero-order chi connectivity index (χ0) is 9.80. The maximum Gasteiger partial charge on any atom is 0.0930 e. The normalized spacial score (nSPS) is 27.5. The van der Waals surface area contributed by atoms with Gasteiger partial charge in [-0.1, -0.05) is 30.3 Å². The van der Waals surface area contributed by atoms with E-state index in [1.165, 1.54) is 5.56 Å². The molecule has 2 atom stereocenters. The first kappa shape index (κ1) is 9.65. The van der Waals surface area contributed by atoms with Crippen LogP contribution in [0.15, 0.2) is 30.3 Å². The van der Waals surface area contributed by atoms with Crippen molar-refractivity contribution in [1.82, 2.24) is 5.32 Å². The van der Waals surface area contributed by atoms with Crippen LogP contribution in [0.4, 0.5) is 0 Å². The van der Waals surface area contributed by atoms with Crippen molar-refractivity contribution < 1.29 is 9.84 Å². The van der Waals surface area contributed by atoms with Gasteiger partial charge in [-0.2, -0.15) is 0 Å². The first-order chi connectivity index (χ1) is 6.90. The fraction of sp³-hybridized carbons (Fsp3) is 0.455. The van der Waals surface area contributed by atoms with Gasteiger partial charge < -0.3 is 15.2 Å². The maximum atomic E-state index is 8.88. The average Bonchev–Trinajstić information content (AvgIpc) is 2.30. The molecule has 1 saturated heterocycles. The molecule has 0 bridgehead atoms. The zero-order valence-corrected chi connectivity index (χ0v) is 8.02. The van der Waals surface area contributed by atoms with Crippen molar-refractivity contribution >= 4 is 0 Å². The molecule has 2 N–H and O–H groups in total. The van der Waals surface area contributed by atoms with E-state index in [4.69, 9.17) is 9.84 Å². The lowest BCUT2D eigenvalue weighted by Crippen LogP contribution is -2.42. The molecule has 76 valence electrons. The third-order valence-corrected chi connectivity index (χ3v) is 2.50. The van der Waals surface area contributed by atoms with Crippen LogP contribution in [-0.4, -0.2) is 31.0 Å². The van der Waals surface area contributed by atoms with E-state index in [1.54, 1.807) is 0 Å². The summed E-state index contributed by atoms with van der Waals surface area (Å²) in [6.07, 6.45) is -0.0463. The Bertz CT molecular complexity index is 268.